The van der Waals surface area contributed by atoms with Crippen molar-refractivity contribution >= 4 is 0 Å². The zero-order chi connectivity index (χ0) is 9.26. The average Bonchev–Trinajstić information content (AvgIpc) is 2.52. The number of nitrogens with one attached hydrogen (secondary N) is 1. The zero-order valence-electron chi connectivity index (χ0n) is 6.79. The molecular formula is C10H8FNO. The monoisotopic (exact) mass is 177 g/mol. The van der Waals surface area contributed by atoms with Gasteiger partial charge in [-0.1, -0.05) is 12.1 Å². The van der Waals surface area contributed by atoms with Crippen LogP contribution in [-0.2, 0) is 0 Å². The van der Waals surface area contributed by atoms with Crippen molar-refractivity contribution in [2.45, 2.75) is 0 Å². The smallest absolute Gasteiger partial charge is 0.133 e. The quantitative estimate of drug-likeness (QED) is 0.689. The summed E-state index contributed by atoms with van der Waals surface area (Å²) in [6.45, 7) is 0. The standard InChI is InChI=1S/C10H8FNO/c11-8-3-1-2-7(4-8)10-5-9(13)6-12-10/h1-6,12-13H. The van der Waals surface area contributed by atoms with Gasteiger partial charge in [0.15, 0.2) is 0 Å². The summed E-state index contributed by atoms with van der Waals surface area (Å²) in [6, 6.07) is 7.74. The maximum atomic E-state index is 12.8. The lowest BCUT2D eigenvalue weighted by Gasteiger charge is -1.96. The number of aromatic hydroxyl groups is 1. The Morgan fingerprint density at radius 2 is 2.08 bits per heavy atom. The van der Waals surface area contributed by atoms with Crippen molar-refractivity contribution in [3.63, 3.8) is 0 Å². The Bertz CT molecular complexity index is 422. The van der Waals surface area contributed by atoms with Crippen LogP contribution in [0.4, 0.5) is 4.39 Å². The molecule has 13 heavy (non-hydrogen) atoms. The lowest BCUT2D eigenvalue weighted by Crippen LogP contribution is -1.78. The van der Waals surface area contributed by atoms with Crippen molar-refractivity contribution < 1.29 is 9.50 Å². The SMILES string of the molecule is Oc1c[nH]c(-c2cccc(F)c2)c1. The molecule has 0 bridgehead atoms. The third kappa shape index (κ3) is 1.54. The summed E-state index contributed by atoms with van der Waals surface area (Å²) in [4.78, 5) is 2.83. The minimum atomic E-state index is -0.286. The Balaban J connectivity index is 2.46. The summed E-state index contributed by atoms with van der Waals surface area (Å²) in [5.41, 5.74) is 1.43. The molecule has 0 fully saturated rings. The molecule has 1 aromatic carbocycles. The summed E-state index contributed by atoms with van der Waals surface area (Å²) < 4.78 is 12.8. The van der Waals surface area contributed by atoms with E-state index in [0.717, 1.165) is 5.56 Å². The van der Waals surface area contributed by atoms with Gasteiger partial charge in [0, 0.05) is 23.5 Å². The van der Waals surface area contributed by atoms with E-state index in [-0.39, 0.29) is 11.6 Å². The van der Waals surface area contributed by atoms with Gasteiger partial charge >= 0.3 is 0 Å². The van der Waals surface area contributed by atoms with Gasteiger partial charge < -0.3 is 10.1 Å². The summed E-state index contributed by atoms with van der Waals surface area (Å²) >= 11 is 0. The number of hydrogen-bond donors (Lipinski definition) is 2. The molecule has 2 rings (SSSR count). The topological polar surface area (TPSA) is 36.0 Å². The normalized spacial score (nSPS) is 10.2. The first-order valence-corrected chi connectivity index (χ1v) is 3.89. The number of halogens is 1. The number of aromatic nitrogens is 1. The van der Waals surface area contributed by atoms with Crippen LogP contribution in [0.15, 0.2) is 36.5 Å². The molecule has 1 aromatic heterocycles. The molecule has 1 heterocycles. The Labute approximate surface area is 74.7 Å². The lowest BCUT2D eigenvalue weighted by molar-refractivity contribution is 0.476. The molecule has 3 heteroatoms. The van der Waals surface area contributed by atoms with E-state index in [1.54, 1.807) is 18.2 Å². The fourth-order valence-corrected chi connectivity index (χ4v) is 1.21. The predicted octanol–water partition coefficient (Wildman–Crippen LogP) is 2.53. The Morgan fingerprint density at radius 1 is 1.23 bits per heavy atom. The average molecular weight is 177 g/mol. The van der Waals surface area contributed by atoms with E-state index in [9.17, 15) is 4.39 Å². The van der Waals surface area contributed by atoms with Crippen molar-refractivity contribution in [2.75, 3.05) is 0 Å². The number of hydrogen-bond acceptors (Lipinski definition) is 1. The van der Waals surface area contributed by atoms with Gasteiger partial charge in [0.05, 0.1) is 0 Å². The van der Waals surface area contributed by atoms with E-state index in [0.29, 0.717) is 5.69 Å². The maximum absolute atomic E-state index is 12.8. The molecule has 0 aliphatic carbocycles. The highest BCUT2D eigenvalue weighted by molar-refractivity contribution is 5.61. The molecule has 0 unspecified atom stereocenters. The van der Waals surface area contributed by atoms with Crippen molar-refractivity contribution in [1.29, 1.82) is 0 Å². The molecule has 0 atom stereocenters. The molecule has 0 spiro atoms. The molecule has 2 N–H and O–H groups in total. The number of benzene rings is 1. The third-order valence-corrected chi connectivity index (χ3v) is 1.80. The van der Waals surface area contributed by atoms with Crippen LogP contribution in [-0.4, -0.2) is 10.1 Å². The van der Waals surface area contributed by atoms with Crippen LogP contribution < -0.4 is 0 Å². The van der Waals surface area contributed by atoms with E-state index < -0.39 is 0 Å². The highest BCUT2D eigenvalue weighted by atomic mass is 19.1. The maximum Gasteiger partial charge on any atom is 0.133 e. The van der Waals surface area contributed by atoms with Crippen LogP contribution >= 0.6 is 0 Å². The van der Waals surface area contributed by atoms with Crippen LogP contribution in [0.3, 0.4) is 0 Å². The molecule has 2 nitrogen and oxygen atoms in total. The van der Waals surface area contributed by atoms with Crippen molar-refractivity contribution in [2.24, 2.45) is 0 Å². The van der Waals surface area contributed by atoms with E-state index in [4.69, 9.17) is 5.11 Å². The Kier molecular flexibility index (Phi) is 1.77. The summed E-state index contributed by atoms with van der Waals surface area (Å²) in [5, 5.41) is 9.06. The second-order valence-corrected chi connectivity index (χ2v) is 2.78. The number of H-pyrrole nitrogens is 1. The summed E-state index contributed by atoms with van der Waals surface area (Å²) in [5.74, 6) is -0.133. The Hall–Kier alpha value is -1.77. The number of aromatic amines is 1. The van der Waals surface area contributed by atoms with Crippen LogP contribution in [0.25, 0.3) is 11.3 Å². The molecule has 0 saturated heterocycles. The molecule has 2 aromatic rings. The third-order valence-electron chi connectivity index (χ3n) is 1.80. The van der Waals surface area contributed by atoms with E-state index in [1.165, 1.54) is 18.3 Å². The van der Waals surface area contributed by atoms with Gasteiger partial charge in [0.2, 0.25) is 0 Å². The zero-order valence-corrected chi connectivity index (χ0v) is 6.79. The molecular weight excluding hydrogens is 169 g/mol. The number of rotatable bonds is 1. The van der Waals surface area contributed by atoms with Crippen molar-refractivity contribution in [1.82, 2.24) is 4.98 Å². The van der Waals surface area contributed by atoms with E-state index in [2.05, 4.69) is 4.98 Å². The van der Waals surface area contributed by atoms with Crippen LogP contribution in [0.2, 0.25) is 0 Å². The predicted molar refractivity (Wildman–Crippen MR) is 47.9 cm³/mol. The fourth-order valence-electron chi connectivity index (χ4n) is 1.21. The van der Waals surface area contributed by atoms with Gasteiger partial charge in [-0.2, -0.15) is 0 Å². The highest BCUT2D eigenvalue weighted by Gasteiger charge is 2.01. The highest BCUT2D eigenvalue weighted by Crippen LogP contribution is 2.22. The molecule has 0 saturated carbocycles. The fraction of sp³-hybridized carbons (Fsp3) is 0. The van der Waals surface area contributed by atoms with Gasteiger partial charge in [0.1, 0.15) is 11.6 Å². The minimum Gasteiger partial charge on any atom is -0.506 e. The summed E-state index contributed by atoms with van der Waals surface area (Å²) in [7, 11) is 0. The first kappa shape index (κ1) is 7.86. The first-order chi connectivity index (χ1) is 6.25. The van der Waals surface area contributed by atoms with Gasteiger partial charge in [-0.15, -0.1) is 0 Å². The molecule has 0 amide bonds. The molecule has 0 aliphatic heterocycles. The first-order valence-electron chi connectivity index (χ1n) is 3.89. The summed E-state index contributed by atoms with van der Waals surface area (Å²) in [6.07, 6.45) is 1.46. The largest absolute Gasteiger partial charge is 0.506 e. The van der Waals surface area contributed by atoms with Crippen LogP contribution in [0.1, 0.15) is 0 Å². The van der Waals surface area contributed by atoms with Crippen molar-refractivity contribution in [3.8, 4) is 17.0 Å². The molecule has 0 radical (unpaired) electrons. The van der Waals surface area contributed by atoms with E-state index in [1.807, 2.05) is 0 Å². The molecule has 66 valence electrons. The van der Waals surface area contributed by atoms with Crippen LogP contribution in [0, 0.1) is 5.82 Å². The van der Waals surface area contributed by atoms with Crippen LogP contribution in [0.5, 0.6) is 5.75 Å². The molecule has 0 aliphatic rings. The minimum absolute atomic E-state index is 0.152. The second-order valence-electron chi connectivity index (χ2n) is 2.78. The lowest BCUT2D eigenvalue weighted by atomic mass is 10.1. The van der Waals surface area contributed by atoms with Gasteiger partial charge in [0.25, 0.3) is 0 Å². The van der Waals surface area contributed by atoms with Gasteiger partial charge in [-0.25, -0.2) is 4.39 Å². The van der Waals surface area contributed by atoms with E-state index >= 15 is 0 Å². The van der Waals surface area contributed by atoms with Gasteiger partial charge in [-0.3, -0.25) is 0 Å². The Morgan fingerprint density at radius 3 is 2.69 bits per heavy atom. The van der Waals surface area contributed by atoms with Gasteiger partial charge in [-0.05, 0) is 12.1 Å². The second kappa shape index (κ2) is 2.94. The van der Waals surface area contributed by atoms with Crippen molar-refractivity contribution in [3.05, 3.63) is 42.3 Å².